The Labute approximate surface area is 264 Å². The average molecular weight is 561 g/mol. The quantitative estimate of drug-likeness (QED) is 0.305. The molecule has 10 radical (unpaired) electrons. The fourth-order valence-electron chi connectivity index (χ4n) is 6.69. The van der Waals surface area contributed by atoms with E-state index in [0.717, 1.165) is 48.7 Å². The molecule has 0 atom stereocenters. The van der Waals surface area contributed by atoms with Crippen molar-refractivity contribution in [1.29, 1.82) is 0 Å². The molecule has 0 aliphatic heterocycles. The molecule has 3 heterocycles. The molecule has 0 bridgehead atoms. The summed E-state index contributed by atoms with van der Waals surface area (Å²) in [6.45, 7) is 0. The monoisotopic (exact) mass is 561 g/mol. The van der Waals surface area contributed by atoms with Gasteiger partial charge in [0.25, 0.3) is 0 Å². The third-order valence-electron chi connectivity index (χ3n) is 8.89. The summed E-state index contributed by atoms with van der Waals surface area (Å²) in [5.41, 5.74) is 4.55. The van der Waals surface area contributed by atoms with Crippen LogP contribution in [0, 0.1) is 0 Å². The Hall–Kier alpha value is -5.16. The number of fused-ring (bicyclic) bond motifs is 9. The van der Waals surface area contributed by atoms with Gasteiger partial charge in [0.2, 0.25) is 11.7 Å². The standard InChI is InChI=1S/C36H16B5N3O/c37-29-28(30(38)32(40)33(41)31(29)39)34-27-21-11-5-6-12-25(21)45-35(27)43-36(42-34)44-23-14-13-17-7-3-4-10-20(17)26(23)22-15-18-8-1-2-9-19(18)16-24(22)44/h1-16H. The van der Waals surface area contributed by atoms with Gasteiger partial charge < -0.3 is 4.42 Å². The lowest BCUT2D eigenvalue weighted by atomic mass is 9.60. The number of hydrogen-bond donors (Lipinski definition) is 0. The smallest absolute Gasteiger partial charge is 0.238 e. The lowest BCUT2D eigenvalue weighted by Gasteiger charge is -2.21. The summed E-state index contributed by atoms with van der Waals surface area (Å²) in [5.74, 6) is 0.384. The third-order valence-corrected chi connectivity index (χ3v) is 8.89. The van der Waals surface area contributed by atoms with Crippen molar-refractivity contribution in [2.45, 2.75) is 0 Å². The van der Waals surface area contributed by atoms with Gasteiger partial charge in [0, 0.05) is 16.2 Å². The molecule has 45 heavy (non-hydrogen) atoms. The highest BCUT2D eigenvalue weighted by molar-refractivity contribution is 6.68. The second-order valence-corrected chi connectivity index (χ2v) is 11.3. The van der Waals surface area contributed by atoms with Crippen molar-refractivity contribution in [3.05, 3.63) is 97.1 Å². The van der Waals surface area contributed by atoms with Crippen molar-refractivity contribution in [1.82, 2.24) is 14.5 Å². The van der Waals surface area contributed by atoms with Gasteiger partial charge in [0.05, 0.1) is 22.1 Å². The molecule has 0 N–H and O–H groups in total. The van der Waals surface area contributed by atoms with Gasteiger partial charge in [-0.3, -0.25) is 4.57 Å². The fraction of sp³-hybridized carbons (Fsp3) is 0. The molecular formula is C36H16B5N3O. The van der Waals surface area contributed by atoms with Crippen molar-refractivity contribution < 1.29 is 4.42 Å². The molecule has 0 amide bonds. The summed E-state index contributed by atoms with van der Waals surface area (Å²) in [6.07, 6.45) is 0. The van der Waals surface area contributed by atoms with Crippen LogP contribution in [-0.2, 0) is 0 Å². The predicted octanol–water partition coefficient (Wildman–Crippen LogP) is 3.42. The molecule has 0 aliphatic carbocycles. The SMILES string of the molecule is [B]c1c([B])c([B])c(-c2nc(-n3c4cc5ccccc5cc4c4c5ccccc5ccc43)nc3oc4ccccc4c23)c([B])c1[B]. The summed E-state index contributed by atoms with van der Waals surface area (Å²) < 4.78 is 8.41. The molecule has 9 rings (SSSR count). The zero-order valence-electron chi connectivity index (χ0n) is 23.9. The van der Waals surface area contributed by atoms with E-state index in [1.807, 2.05) is 36.4 Å². The molecule has 0 saturated carbocycles. The Morgan fingerprint density at radius 2 is 1.13 bits per heavy atom. The number of rotatable bonds is 2. The van der Waals surface area contributed by atoms with Gasteiger partial charge in [-0.05, 0) is 51.4 Å². The minimum atomic E-state index is 0.137. The molecule has 0 aliphatic rings. The number of para-hydroxylation sites is 1. The summed E-state index contributed by atoms with van der Waals surface area (Å²) in [5, 5.41) is 8.13. The van der Waals surface area contributed by atoms with E-state index in [-0.39, 0.29) is 27.3 Å². The Bertz CT molecular complexity index is 2700. The third kappa shape index (κ3) is 3.61. The normalized spacial score (nSPS) is 12.0. The van der Waals surface area contributed by atoms with E-state index in [2.05, 4.69) is 65.2 Å². The first kappa shape index (κ1) is 26.3. The van der Waals surface area contributed by atoms with Gasteiger partial charge >= 0.3 is 0 Å². The zero-order chi connectivity index (χ0) is 30.6. The van der Waals surface area contributed by atoms with Crippen molar-refractivity contribution >= 4 is 132 Å². The van der Waals surface area contributed by atoms with Crippen molar-refractivity contribution in [3.63, 3.8) is 0 Å². The van der Waals surface area contributed by atoms with E-state index in [0.29, 0.717) is 33.9 Å². The van der Waals surface area contributed by atoms with Crippen LogP contribution < -0.4 is 27.3 Å². The van der Waals surface area contributed by atoms with Gasteiger partial charge in [-0.15, -0.1) is 16.4 Å². The molecule has 0 unspecified atom stereocenters. The highest BCUT2D eigenvalue weighted by Crippen LogP contribution is 2.40. The lowest BCUT2D eigenvalue weighted by molar-refractivity contribution is 0.651. The zero-order valence-corrected chi connectivity index (χ0v) is 23.9. The summed E-state index contributed by atoms with van der Waals surface area (Å²) >= 11 is 0. The first-order valence-corrected chi connectivity index (χ1v) is 14.5. The van der Waals surface area contributed by atoms with E-state index < -0.39 is 0 Å². The Morgan fingerprint density at radius 3 is 1.89 bits per heavy atom. The second-order valence-electron chi connectivity index (χ2n) is 11.3. The number of nitrogens with zero attached hydrogens (tertiary/aromatic N) is 3. The maximum Gasteiger partial charge on any atom is 0.238 e. The first-order valence-electron chi connectivity index (χ1n) is 14.5. The van der Waals surface area contributed by atoms with Gasteiger partial charge in [-0.25, -0.2) is 4.98 Å². The minimum absolute atomic E-state index is 0.137. The molecule has 9 aromatic rings. The molecule has 0 spiro atoms. The van der Waals surface area contributed by atoms with Crippen LogP contribution in [0.25, 0.3) is 82.6 Å². The van der Waals surface area contributed by atoms with Crippen molar-refractivity contribution in [2.75, 3.05) is 0 Å². The minimum Gasteiger partial charge on any atom is -0.437 e. The maximum absolute atomic E-state index is 6.62. The second kappa shape index (κ2) is 9.42. The molecule has 0 fully saturated rings. The van der Waals surface area contributed by atoms with Gasteiger partial charge in [-0.2, -0.15) is 4.98 Å². The molecule has 4 nitrogen and oxygen atoms in total. The maximum atomic E-state index is 6.62. The molecule has 9 heteroatoms. The van der Waals surface area contributed by atoms with E-state index in [4.69, 9.17) is 53.6 Å². The van der Waals surface area contributed by atoms with Crippen LogP contribution in [0.2, 0.25) is 0 Å². The predicted molar refractivity (Wildman–Crippen MR) is 191 cm³/mol. The van der Waals surface area contributed by atoms with Crippen LogP contribution in [0.4, 0.5) is 0 Å². The largest absolute Gasteiger partial charge is 0.437 e. The van der Waals surface area contributed by atoms with Crippen LogP contribution in [-0.4, -0.2) is 53.8 Å². The van der Waals surface area contributed by atoms with Gasteiger partial charge in [0.15, 0.2) is 0 Å². The molecule has 196 valence electrons. The molecule has 6 aromatic carbocycles. The van der Waals surface area contributed by atoms with Crippen LogP contribution in [0.3, 0.4) is 0 Å². The highest BCUT2D eigenvalue weighted by Gasteiger charge is 2.24. The van der Waals surface area contributed by atoms with E-state index in [1.165, 1.54) is 0 Å². The summed E-state index contributed by atoms with van der Waals surface area (Å²) in [6, 6.07) is 33.0. The highest BCUT2D eigenvalue weighted by atomic mass is 16.3. The summed E-state index contributed by atoms with van der Waals surface area (Å²) in [7, 11) is 32.1. The van der Waals surface area contributed by atoms with Crippen LogP contribution in [0.5, 0.6) is 0 Å². The number of hydrogen-bond acceptors (Lipinski definition) is 3. The average Bonchev–Trinajstić information content (AvgIpc) is 3.60. The van der Waals surface area contributed by atoms with Crippen molar-refractivity contribution in [2.24, 2.45) is 0 Å². The fourth-order valence-corrected chi connectivity index (χ4v) is 6.69. The first-order chi connectivity index (χ1) is 21.9. The van der Waals surface area contributed by atoms with Crippen LogP contribution in [0.15, 0.2) is 101 Å². The number of aromatic nitrogens is 3. The van der Waals surface area contributed by atoms with Crippen LogP contribution in [0.1, 0.15) is 0 Å². The Balaban J connectivity index is 1.49. The van der Waals surface area contributed by atoms with E-state index in [1.54, 1.807) is 0 Å². The van der Waals surface area contributed by atoms with E-state index >= 15 is 0 Å². The number of benzene rings is 6. The van der Waals surface area contributed by atoms with E-state index in [9.17, 15) is 0 Å². The molecular weight excluding hydrogens is 544 g/mol. The van der Waals surface area contributed by atoms with Gasteiger partial charge in [0.1, 0.15) is 44.8 Å². The Kier molecular flexibility index (Phi) is 5.50. The lowest BCUT2D eigenvalue weighted by Crippen LogP contribution is -2.55. The Morgan fingerprint density at radius 1 is 0.511 bits per heavy atom. The van der Waals surface area contributed by atoms with Gasteiger partial charge in [-0.1, -0.05) is 83.7 Å². The molecule has 0 saturated heterocycles. The number of furan rings is 1. The van der Waals surface area contributed by atoms with Crippen LogP contribution >= 0.6 is 0 Å². The molecule has 3 aromatic heterocycles. The van der Waals surface area contributed by atoms with Crippen molar-refractivity contribution in [3.8, 4) is 17.2 Å². The summed E-state index contributed by atoms with van der Waals surface area (Å²) in [4.78, 5) is 10.2. The topological polar surface area (TPSA) is 43.9 Å².